The third kappa shape index (κ3) is 5.88. The predicted octanol–water partition coefficient (Wildman–Crippen LogP) is 3.22. The molecule has 8 heteroatoms. The van der Waals surface area contributed by atoms with Gasteiger partial charge in [0.1, 0.15) is 17.3 Å². The molecule has 2 aromatic heterocycles. The quantitative estimate of drug-likeness (QED) is 0.421. The van der Waals surface area contributed by atoms with Crippen LogP contribution in [0.25, 0.3) is 11.5 Å². The van der Waals surface area contributed by atoms with Gasteiger partial charge in [-0.3, -0.25) is 9.78 Å². The average Bonchev–Trinajstić information content (AvgIpc) is 3.17. The Balaban J connectivity index is 1.32. The Morgan fingerprint density at radius 2 is 1.96 bits per heavy atom. The minimum Gasteiger partial charge on any atom is -0.493 e. The summed E-state index contributed by atoms with van der Waals surface area (Å²) in [5, 5.41) is 3.84. The molecule has 1 aromatic carbocycles. The standard InChI is InChI=1S/C19H18FN3O4/c20-14-5-7-15(8-6-14)25-12-3-13-26-18(24)10-9-17-22-19(23-27-17)16-4-1-2-11-21-16/h1-2,4-8,11H,3,9-10,12-13H2. The highest BCUT2D eigenvalue weighted by Crippen LogP contribution is 2.13. The smallest absolute Gasteiger partial charge is 0.306 e. The Hall–Kier alpha value is -3.29. The van der Waals surface area contributed by atoms with Crippen molar-refractivity contribution in [2.75, 3.05) is 13.2 Å². The van der Waals surface area contributed by atoms with Crippen molar-refractivity contribution in [2.24, 2.45) is 0 Å². The second kappa shape index (κ2) is 9.42. The lowest BCUT2D eigenvalue weighted by Gasteiger charge is -2.06. The first-order valence-electron chi connectivity index (χ1n) is 8.49. The maximum absolute atomic E-state index is 12.8. The summed E-state index contributed by atoms with van der Waals surface area (Å²) in [6.45, 7) is 0.610. The van der Waals surface area contributed by atoms with E-state index in [1.807, 2.05) is 6.07 Å². The van der Waals surface area contributed by atoms with Crippen molar-refractivity contribution in [1.82, 2.24) is 15.1 Å². The van der Waals surface area contributed by atoms with E-state index in [2.05, 4.69) is 15.1 Å². The largest absolute Gasteiger partial charge is 0.493 e. The van der Waals surface area contributed by atoms with E-state index in [1.54, 1.807) is 30.5 Å². The Labute approximate surface area is 155 Å². The van der Waals surface area contributed by atoms with Crippen molar-refractivity contribution in [3.63, 3.8) is 0 Å². The zero-order chi connectivity index (χ0) is 18.9. The first kappa shape index (κ1) is 18.5. The van der Waals surface area contributed by atoms with Crippen LogP contribution in [0.4, 0.5) is 4.39 Å². The number of hydrogen-bond acceptors (Lipinski definition) is 7. The summed E-state index contributed by atoms with van der Waals surface area (Å²) < 4.78 is 28.4. The number of rotatable bonds is 9. The molecule has 0 fully saturated rings. The molecule has 0 radical (unpaired) electrons. The Morgan fingerprint density at radius 3 is 2.74 bits per heavy atom. The van der Waals surface area contributed by atoms with E-state index in [1.165, 1.54) is 12.1 Å². The van der Waals surface area contributed by atoms with Crippen LogP contribution in [-0.4, -0.2) is 34.3 Å². The van der Waals surface area contributed by atoms with Gasteiger partial charge in [0, 0.05) is 19.0 Å². The van der Waals surface area contributed by atoms with Gasteiger partial charge >= 0.3 is 5.97 Å². The highest BCUT2D eigenvalue weighted by atomic mass is 19.1. The van der Waals surface area contributed by atoms with Gasteiger partial charge in [-0.15, -0.1) is 0 Å². The van der Waals surface area contributed by atoms with Gasteiger partial charge in [-0.2, -0.15) is 4.98 Å². The van der Waals surface area contributed by atoms with Gasteiger partial charge in [-0.1, -0.05) is 11.2 Å². The summed E-state index contributed by atoms with van der Waals surface area (Å²) in [6.07, 6.45) is 2.61. The lowest BCUT2D eigenvalue weighted by Crippen LogP contribution is -2.09. The fourth-order valence-corrected chi connectivity index (χ4v) is 2.20. The second-order valence-electron chi connectivity index (χ2n) is 5.60. The maximum Gasteiger partial charge on any atom is 0.306 e. The summed E-state index contributed by atoms with van der Waals surface area (Å²) in [5.41, 5.74) is 0.608. The van der Waals surface area contributed by atoms with Gasteiger partial charge in [0.25, 0.3) is 0 Å². The van der Waals surface area contributed by atoms with Crippen LogP contribution >= 0.6 is 0 Å². The lowest BCUT2D eigenvalue weighted by molar-refractivity contribution is -0.143. The summed E-state index contributed by atoms with van der Waals surface area (Å²) in [7, 11) is 0. The van der Waals surface area contributed by atoms with Crippen LogP contribution < -0.4 is 4.74 Å². The SMILES string of the molecule is O=C(CCc1nc(-c2ccccn2)no1)OCCCOc1ccc(F)cc1. The van der Waals surface area contributed by atoms with E-state index in [-0.39, 0.29) is 24.8 Å². The summed E-state index contributed by atoms with van der Waals surface area (Å²) in [6, 6.07) is 11.1. The van der Waals surface area contributed by atoms with Crippen molar-refractivity contribution in [3.8, 4) is 17.3 Å². The number of nitrogens with zero attached hydrogens (tertiary/aromatic N) is 3. The summed E-state index contributed by atoms with van der Waals surface area (Å²) >= 11 is 0. The molecule has 0 unspecified atom stereocenters. The van der Waals surface area contributed by atoms with Gasteiger partial charge in [0.05, 0.1) is 19.6 Å². The molecule has 7 nitrogen and oxygen atoms in total. The molecule has 0 bridgehead atoms. The molecule has 3 aromatic rings. The third-order valence-corrected chi connectivity index (χ3v) is 3.54. The van der Waals surface area contributed by atoms with E-state index in [0.29, 0.717) is 42.6 Å². The van der Waals surface area contributed by atoms with Crippen LogP contribution in [0.1, 0.15) is 18.7 Å². The van der Waals surface area contributed by atoms with Crippen LogP contribution in [-0.2, 0) is 16.0 Å². The maximum atomic E-state index is 12.8. The first-order valence-corrected chi connectivity index (χ1v) is 8.49. The molecular formula is C19H18FN3O4. The number of pyridine rings is 1. The highest BCUT2D eigenvalue weighted by Gasteiger charge is 2.11. The van der Waals surface area contributed by atoms with Crippen molar-refractivity contribution in [3.05, 3.63) is 60.4 Å². The van der Waals surface area contributed by atoms with Crippen LogP contribution in [0.5, 0.6) is 5.75 Å². The summed E-state index contributed by atoms with van der Waals surface area (Å²) in [4.78, 5) is 20.1. The van der Waals surface area contributed by atoms with Crippen molar-refractivity contribution < 1.29 is 23.2 Å². The number of benzene rings is 1. The minimum atomic E-state index is -0.352. The highest BCUT2D eigenvalue weighted by molar-refractivity contribution is 5.69. The molecule has 3 rings (SSSR count). The number of halogens is 1. The molecule has 0 amide bonds. The molecule has 0 aliphatic carbocycles. The molecule has 2 heterocycles. The zero-order valence-electron chi connectivity index (χ0n) is 14.5. The number of esters is 1. The number of carbonyl (C=O) groups excluding carboxylic acids is 1. The Bertz CT molecular complexity index is 853. The number of carbonyl (C=O) groups is 1. The van der Waals surface area contributed by atoms with Crippen LogP contribution in [0.3, 0.4) is 0 Å². The van der Waals surface area contributed by atoms with Crippen LogP contribution in [0, 0.1) is 5.82 Å². The van der Waals surface area contributed by atoms with Crippen LogP contribution in [0.15, 0.2) is 53.2 Å². The molecule has 0 atom stereocenters. The molecule has 140 valence electrons. The first-order chi connectivity index (χ1) is 13.2. The fourth-order valence-electron chi connectivity index (χ4n) is 2.20. The molecule has 0 N–H and O–H groups in total. The molecule has 0 saturated heterocycles. The van der Waals surface area contributed by atoms with Crippen molar-refractivity contribution in [2.45, 2.75) is 19.3 Å². The van der Waals surface area contributed by atoms with E-state index in [0.717, 1.165) is 0 Å². The van der Waals surface area contributed by atoms with Gasteiger partial charge in [0.2, 0.25) is 11.7 Å². The van der Waals surface area contributed by atoms with Gasteiger partial charge in [-0.05, 0) is 36.4 Å². The summed E-state index contributed by atoms with van der Waals surface area (Å²) in [5.74, 6) is 0.644. The molecule has 0 aliphatic heterocycles. The normalized spacial score (nSPS) is 10.6. The average molecular weight is 371 g/mol. The molecule has 27 heavy (non-hydrogen) atoms. The van der Waals surface area contributed by atoms with E-state index in [4.69, 9.17) is 14.0 Å². The number of ether oxygens (including phenoxy) is 2. The minimum absolute atomic E-state index is 0.142. The van der Waals surface area contributed by atoms with Gasteiger partial charge in [-0.25, -0.2) is 4.39 Å². The Kier molecular flexibility index (Phi) is 6.45. The third-order valence-electron chi connectivity index (χ3n) is 3.54. The number of aryl methyl sites for hydroxylation is 1. The van der Waals surface area contributed by atoms with Crippen LogP contribution in [0.2, 0.25) is 0 Å². The molecule has 0 spiro atoms. The molecule has 0 aliphatic rings. The van der Waals surface area contributed by atoms with E-state index >= 15 is 0 Å². The predicted molar refractivity (Wildman–Crippen MR) is 93.3 cm³/mol. The monoisotopic (exact) mass is 371 g/mol. The lowest BCUT2D eigenvalue weighted by atomic mass is 10.3. The second-order valence-corrected chi connectivity index (χ2v) is 5.60. The molecule has 0 saturated carbocycles. The topological polar surface area (TPSA) is 87.3 Å². The fraction of sp³-hybridized carbons (Fsp3) is 0.263. The number of aromatic nitrogens is 3. The van der Waals surface area contributed by atoms with Gasteiger partial charge < -0.3 is 14.0 Å². The number of hydrogen-bond donors (Lipinski definition) is 0. The van der Waals surface area contributed by atoms with Crippen molar-refractivity contribution in [1.29, 1.82) is 0 Å². The Morgan fingerprint density at radius 1 is 1.11 bits per heavy atom. The van der Waals surface area contributed by atoms with Crippen molar-refractivity contribution >= 4 is 5.97 Å². The van der Waals surface area contributed by atoms with Gasteiger partial charge in [0.15, 0.2) is 0 Å². The van der Waals surface area contributed by atoms with E-state index in [9.17, 15) is 9.18 Å². The zero-order valence-corrected chi connectivity index (χ0v) is 14.5. The van der Waals surface area contributed by atoms with E-state index < -0.39 is 0 Å². The molecular weight excluding hydrogens is 353 g/mol.